The van der Waals surface area contributed by atoms with Crippen molar-refractivity contribution < 1.29 is 5.11 Å². The standard InChI is InChI=1S/C9H13BrN2O/c1-5-3-8(9(11)6(2)13)12-4-7(5)10/h3-4,6,9,13H,11H2,1-2H3. The van der Waals surface area contributed by atoms with Gasteiger partial charge in [0.25, 0.3) is 0 Å². The smallest absolute Gasteiger partial charge is 0.0731 e. The first-order valence-corrected chi connectivity index (χ1v) is 4.87. The summed E-state index contributed by atoms with van der Waals surface area (Å²) >= 11 is 3.35. The van der Waals surface area contributed by atoms with E-state index in [4.69, 9.17) is 5.73 Å². The summed E-state index contributed by atoms with van der Waals surface area (Å²) in [5.41, 5.74) is 7.52. The van der Waals surface area contributed by atoms with Gasteiger partial charge >= 0.3 is 0 Å². The van der Waals surface area contributed by atoms with E-state index in [1.807, 2.05) is 13.0 Å². The SMILES string of the molecule is Cc1cc(C(N)C(C)O)ncc1Br. The largest absolute Gasteiger partial charge is 0.391 e. The Kier molecular flexibility index (Phi) is 3.41. The van der Waals surface area contributed by atoms with Crippen LogP contribution in [0, 0.1) is 6.92 Å². The van der Waals surface area contributed by atoms with E-state index >= 15 is 0 Å². The highest BCUT2D eigenvalue weighted by Gasteiger charge is 2.13. The fourth-order valence-corrected chi connectivity index (χ4v) is 1.21. The van der Waals surface area contributed by atoms with E-state index in [1.165, 1.54) is 0 Å². The predicted molar refractivity (Wildman–Crippen MR) is 55.3 cm³/mol. The molecule has 1 aromatic heterocycles. The van der Waals surface area contributed by atoms with Crippen LogP contribution in [-0.4, -0.2) is 16.2 Å². The molecule has 3 nitrogen and oxygen atoms in total. The van der Waals surface area contributed by atoms with Gasteiger partial charge in [0.15, 0.2) is 0 Å². The zero-order valence-corrected chi connectivity index (χ0v) is 9.25. The van der Waals surface area contributed by atoms with Gasteiger partial charge in [0.1, 0.15) is 0 Å². The molecule has 0 radical (unpaired) electrons. The molecule has 0 spiro atoms. The first-order valence-electron chi connectivity index (χ1n) is 4.08. The van der Waals surface area contributed by atoms with E-state index in [0.29, 0.717) is 0 Å². The quantitative estimate of drug-likeness (QED) is 0.830. The first kappa shape index (κ1) is 10.6. The molecule has 13 heavy (non-hydrogen) atoms. The molecule has 1 heterocycles. The van der Waals surface area contributed by atoms with Crippen molar-refractivity contribution in [3.63, 3.8) is 0 Å². The van der Waals surface area contributed by atoms with Gasteiger partial charge in [-0.25, -0.2) is 0 Å². The maximum atomic E-state index is 9.26. The molecule has 0 aromatic carbocycles. The highest BCUT2D eigenvalue weighted by atomic mass is 79.9. The van der Waals surface area contributed by atoms with Gasteiger partial charge in [0.05, 0.1) is 17.8 Å². The third-order valence-corrected chi connectivity index (χ3v) is 2.76. The van der Waals surface area contributed by atoms with Crippen molar-refractivity contribution in [1.82, 2.24) is 4.98 Å². The zero-order chi connectivity index (χ0) is 10.0. The summed E-state index contributed by atoms with van der Waals surface area (Å²) in [7, 11) is 0. The molecular formula is C9H13BrN2O. The third kappa shape index (κ3) is 2.49. The van der Waals surface area contributed by atoms with Crippen molar-refractivity contribution in [3.05, 3.63) is 28.0 Å². The second kappa shape index (κ2) is 4.17. The summed E-state index contributed by atoms with van der Waals surface area (Å²) in [5, 5.41) is 9.26. The Labute approximate surface area is 86.1 Å². The highest BCUT2D eigenvalue weighted by Crippen LogP contribution is 2.19. The number of nitrogens with two attached hydrogens (primary N) is 1. The minimum Gasteiger partial charge on any atom is -0.391 e. The van der Waals surface area contributed by atoms with E-state index in [1.54, 1.807) is 13.1 Å². The highest BCUT2D eigenvalue weighted by molar-refractivity contribution is 9.10. The molecule has 0 amide bonds. The normalized spacial score (nSPS) is 15.5. The van der Waals surface area contributed by atoms with E-state index in [9.17, 15) is 5.11 Å². The molecule has 2 unspecified atom stereocenters. The Morgan fingerprint density at radius 2 is 2.23 bits per heavy atom. The van der Waals surface area contributed by atoms with Crippen LogP contribution in [0.15, 0.2) is 16.7 Å². The van der Waals surface area contributed by atoms with Crippen molar-refractivity contribution in [2.75, 3.05) is 0 Å². The van der Waals surface area contributed by atoms with Gasteiger partial charge in [0.2, 0.25) is 0 Å². The van der Waals surface area contributed by atoms with E-state index < -0.39 is 12.1 Å². The lowest BCUT2D eigenvalue weighted by Crippen LogP contribution is -2.24. The predicted octanol–water partition coefficient (Wildman–Crippen LogP) is 1.53. The Morgan fingerprint density at radius 1 is 1.62 bits per heavy atom. The number of hydrogen-bond acceptors (Lipinski definition) is 3. The maximum Gasteiger partial charge on any atom is 0.0731 e. The van der Waals surface area contributed by atoms with Crippen molar-refractivity contribution in [2.24, 2.45) is 5.73 Å². The van der Waals surface area contributed by atoms with Crippen molar-refractivity contribution in [3.8, 4) is 0 Å². The minimum absolute atomic E-state index is 0.410. The maximum absolute atomic E-state index is 9.26. The average molecular weight is 245 g/mol. The summed E-state index contributed by atoms with van der Waals surface area (Å²) in [6.07, 6.45) is 1.13. The molecule has 72 valence electrons. The molecule has 0 saturated heterocycles. The molecule has 2 atom stereocenters. The molecule has 0 saturated carbocycles. The Balaban J connectivity index is 2.97. The van der Waals surface area contributed by atoms with Crippen LogP contribution in [0.3, 0.4) is 0 Å². The molecule has 4 heteroatoms. The monoisotopic (exact) mass is 244 g/mol. The Morgan fingerprint density at radius 3 is 2.69 bits per heavy atom. The lowest BCUT2D eigenvalue weighted by Gasteiger charge is -2.14. The van der Waals surface area contributed by atoms with Crippen LogP contribution in [0.1, 0.15) is 24.2 Å². The Hall–Kier alpha value is -0.450. The van der Waals surface area contributed by atoms with Gasteiger partial charge in [-0.15, -0.1) is 0 Å². The van der Waals surface area contributed by atoms with Crippen LogP contribution in [0.2, 0.25) is 0 Å². The number of nitrogens with zero attached hydrogens (tertiary/aromatic N) is 1. The summed E-state index contributed by atoms with van der Waals surface area (Å²) in [5.74, 6) is 0. The lowest BCUT2D eigenvalue weighted by atomic mass is 10.1. The number of aromatic nitrogens is 1. The van der Waals surface area contributed by atoms with Crippen LogP contribution < -0.4 is 5.73 Å². The van der Waals surface area contributed by atoms with E-state index in [0.717, 1.165) is 15.7 Å². The summed E-state index contributed by atoms with van der Waals surface area (Å²) in [6.45, 7) is 3.62. The van der Waals surface area contributed by atoms with Crippen molar-refractivity contribution in [1.29, 1.82) is 0 Å². The number of aryl methyl sites for hydroxylation is 1. The fraction of sp³-hybridized carbons (Fsp3) is 0.444. The van der Waals surface area contributed by atoms with Gasteiger partial charge in [0, 0.05) is 10.7 Å². The molecule has 0 aliphatic rings. The van der Waals surface area contributed by atoms with Crippen molar-refractivity contribution >= 4 is 15.9 Å². The average Bonchev–Trinajstić information content (AvgIpc) is 2.08. The van der Waals surface area contributed by atoms with E-state index in [2.05, 4.69) is 20.9 Å². The summed E-state index contributed by atoms with van der Waals surface area (Å²) in [6, 6.07) is 1.47. The Bertz CT molecular complexity index is 302. The van der Waals surface area contributed by atoms with E-state index in [-0.39, 0.29) is 0 Å². The first-order chi connectivity index (χ1) is 6.02. The number of pyridine rings is 1. The summed E-state index contributed by atoms with van der Waals surface area (Å²) < 4.78 is 0.953. The summed E-state index contributed by atoms with van der Waals surface area (Å²) in [4.78, 5) is 4.13. The third-order valence-electron chi connectivity index (χ3n) is 1.93. The molecular weight excluding hydrogens is 232 g/mol. The number of hydrogen-bond donors (Lipinski definition) is 2. The minimum atomic E-state index is -0.576. The molecule has 0 fully saturated rings. The second-order valence-electron chi connectivity index (χ2n) is 3.12. The molecule has 0 bridgehead atoms. The molecule has 3 N–H and O–H groups in total. The zero-order valence-electron chi connectivity index (χ0n) is 7.66. The number of halogens is 1. The van der Waals surface area contributed by atoms with Gasteiger partial charge in [-0.3, -0.25) is 4.98 Å². The van der Waals surface area contributed by atoms with Gasteiger partial charge in [-0.2, -0.15) is 0 Å². The second-order valence-corrected chi connectivity index (χ2v) is 3.98. The topological polar surface area (TPSA) is 59.1 Å². The van der Waals surface area contributed by atoms with Gasteiger partial charge in [-0.1, -0.05) is 0 Å². The fourth-order valence-electron chi connectivity index (χ4n) is 0.990. The van der Waals surface area contributed by atoms with Crippen LogP contribution in [0.4, 0.5) is 0 Å². The number of aliphatic hydroxyl groups excluding tert-OH is 1. The molecule has 0 aliphatic carbocycles. The van der Waals surface area contributed by atoms with Gasteiger partial charge in [-0.05, 0) is 41.4 Å². The number of aliphatic hydroxyl groups is 1. The van der Waals surface area contributed by atoms with Crippen LogP contribution in [-0.2, 0) is 0 Å². The molecule has 1 rings (SSSR count). The van der Waals surface area contributed by atoms with Crippen molar-refractivity contribution in [2.45, 2.75) is 26.0 Å². The lowest BCUT2D eigenvalue weighted by molar-refractivity contribution is 0.162. The van der Waals surface area contributed by atoms with Crippen LogP contribution in [0.25, 0.3) is 0 Å². The van der Waals surface area contributed by atoms with Crippen LogP contribution >= 0.6 is 15.9 Å². The molecule has 1 aromatic rings. The molecule has 0 aliphatic heterocycles. The van der Waals surface area contributed by atoms with Gasteiger partial charge < -0.3 is 10.8 Å². The van der Waals surface area contributed by atoms with Crippen LogP contribution in [0.5, 0.6) is 0 Å². The number of rotatable bonds is 2.